The van der Waals surface area contributed by atoms with Crippen molar-refractivity contribution in [1.29, 1.82) is 0 Å². The summed E-state index contributed by atoms with van der Waals surface area (Å²) in [7, 11) is 0. The number of benzene rings is 2. The van der Waals surface area contributed by atoms with Gasteiger partial charge in [-0.2, -0.15) is 10.2 Å². The molecular formula is C21H26N4. The fraction of sp³-hybridized carbons (Fsp3) is 0.429. The Bertz CT molecular complexity index is 718. The molecule has 1 N–H and O–H groups in total. The van der Waals surface area contributed by atoms with Crippen LogP contribution in [-0.2, 0) is 6.42 Å². The van der Waals surface area contributed by atoms with Crippen molar-refractivity contribution in [2.24, 2.45) is 10.2 Å². The van der Waals surface area contributed by atoms with Crippen molar-refractivity contribution < 1.29 is 0 Å². The highest BCUT2D eigenvalue weighted by molar-refractivity contribution is 5.67. The molecule has 0 aromatic heterocycles. The van der Waals surface area contributed by atoms with Crippen LogP contribution in [0, 0.1) is 0 Å². The number of nitrogens with one attached hydrogen (secondary N) is 1. The van der Waals surface area contributed by atoms with Gasteiger partial charge in [0.05, 0.1) is 5.69 Å². The van der Waals surface area contributed by atoms with Gasteiger partial charge in [0.25, 0.3) is 0 Å². The first-order valence-electron chi connectivity index (χ1n) is 9.39. The van der Waals surface area contributed by atoms with E-state index in [2.05, 4.69) is 62.9 Å². The Morgan fingerprint density at radius 1 is 0.920 bits per heavy atom. The average molecular weight is 334 g/mol. The lowest BCUT2D eigenvalue weighted by Crippen LogP contribution is -2.48. The van der Waals surface area contributed by atoms with E-state index < -0.39 is 0 Å². The van der Waals surface area contributed by atoms with Gasteiger partial charge < -0.3 is 10.2 Å². The van der Waals surface area contributed by atoms with Crippen molar-refractivity contribution in [2.75, 3.05) is 25.0 Å². The molecule has 0 bridgehead atoms. The Balaban J connectivity index is 1.23. The van der Waals surface area contributed by atoms with Crippen LogP contribution in [0.1, 0.15) is 31.2 Å². The normalized spacial score (nSPS) is 18.7. The number of unbranched alkanes of at least 4 members (excludes halogenated alkanes) is 1. The molecule has 0 atom stereocenters. The molecule has 130 valence electrons. The molecule has 0 amide bonds. The van der Waals surface area contributed by atoms with E-state index in [0.29, 0.717) is 0 Å². The van der Waals surface area contributed by atoms with E-state index in [1.165, 1.54) is 31.4 Å². The van der Waals surface area contributed by atoms with Gasteiger partial charge in [0, 0.05) is 25.9 Å². The van der Waals surface area contributed by atoms with Crippen molar-refractivity contribution in [2.45, 2.75) is 37.8 Å². The number of likely N-dealkylation sites (tertiary alicyclic amines) is 1. The van der Waals surface area contributed by atoms with Crippen molar-refractivity contribution >= 4 is 11.4 Å². The minimum absolute atomic E-state index is 0.186. The zero-order valence-corrected chi connectivity index (χ0v) is 14.7. The molecule has 2 aliphatic rings. The number of hydrogen-bond donors (Lipinski definition) is 1. The quantitative estimate of drug-likeness (QED) is 0.781. The Kier molecular flexibility index (Phi) is 4.79. The van der Waals surface area contributed by atoms with Crippen molar-refractivity contribution in [1.82, 2.24) is 4.90 Å². The van der Waals surface area contributed by atoms with Gasteiger partial charge in [-0.1, -0.05) is 42.5 Å². The zero-order valence-electron chi connectivity index (χ0n) is 14.7. The minimum Gasteiger partial charge on any atom is -0.358 e. The highest BCUT2D eigenvalue weighted by Gasteiger charge is 2.36. The van der Waals surface area contributed by atoms with Crippen LogP contribution in [0.5, 0.6) is 0 Å². The Morgan fingerprint density at radius 2 is 1.68 bits per heavy atom. The van der Waals surface area contributed by atoms with Crippen LogP contribution in [0.2, 0.25) is 0 Å². The van der Waals surface area contributed by atoms with Crippen molar-refractivity contribution in [3.05, 3.63) is 60.2 Å². The summed E-state index contributed by atoms with van der Waals surface area (Å²) in [5.41, 5.74) is 3.34. The third kappa shape index (κ3) is 3.90. The number of nitrogens with zero attached hydrogens (tertiary/aromatic N) is 3. The number of aryl methyl sites for hydroxylation is 1. The molecule has 0 saturated carbocycles. The summed E-state index contributed by atoms with van der Waals surface area (Å²) in [4.78, 5) is 2.58. The number of azo groups is 1. The van der Waals surface area contributed by atoms with Gasteiger partial charge in [-0.25, -0.2) is 0 Å². The zero-order chi connectivity index (χ0) is 17.0. The highest BCUT2D eigenvalue weighted by atomic mass is 15.3. The number of para-hydroxylation sites is 1. The molecule has 0 radical (unpaired) electrons. The van der Waals surface area contributed by atoms with E-state index in [1.54, 1.807) is 0 Å². The van der Waals surface area contributed by atoms with Gasteiger partial charge in [0.2, 0.25) is 0 Å². The maximum Gasteiger partial charge on any atom is 0.153 e. The van der Waals surface area contributed by atoms with E-state index in [1.807, 2.05) is 12.1 Å². The van der Waals surface area contributed by atoms with Gasteiger partial charge in [-0.05, 0) is 43.5 Å². The van der Waals surface area contributed by atoms with E-state index in [0.717, 1.165) is 37.3 Å². The van der Waals surface area contributed by atoms with Crippen LogP contribution < -0.4 is 5.32 Å². The summed E-state index contributed by atoms with van der Waals surface area (Å²) in [6.07, 6.45) is 5.77. The Labute approximate surface area is 150 Å². The molecule has 1 saturated heterocycles. The molecule has 4 rings (SSSR count). The molecule has 4 nitrogen and oxygen atoms in total. The first-order chi connectivity index (χ1) is 12.3. The van der Waals surface area contributed by atoms with Crippen LogP contribution >= 0.6 is 0 Å². The predicted octanol–water partition coefficient (Wildman–Crippen LogP) is 5.01. The summed E-state index contributed by atoms with van der Waals surface area (Å²) in [6.45, 7) is 3.38. The van der Waals surface area contributed by atoms with Gasteiger partial charge in [-0.3, -0.25) is 0 Å². The minimum atomic E-state index is -0.186. The van der Waals surface area contributed by atoms with Crippen LogP contribution in [0.3, 0.4) is 0 Å². The average Bonchev–Trinajstić information content (AvgIpc) is 2.67. The third-order valence-corrected chi connectivity index (χ3v) is 5.34. The molecule has 25 heavy (non-hydrogen) atoms. The number of rotatable bonds is 5. The lowest BCUT2D eigenvalue weighted by Gasteiger charge is -2.41. The molecule has 1 fully saturated rings. The van der Waals surface area contributed by atoms with Gasteiger partial charge >= 0.3 is 0 Å². The molecule has 2 aromatic carbocycles. The van der Waals surface area contributed by atoms with Crippen LogP contribution in [0.4, 0.5) is 11.4 Å². The maximum atomic E-state index is 4.62. The topological polar surface area (TPSA) is 40.0 Å². The number of hydrogen-bond acceptors (Lipinski definition) is 4. The molecule has 2 aromatic rings. The molecule has 2 aliphatic heterocycles. The monoisotopic (exact) mass is 334 g/mol. The van der Waals surface area contributed by atoms with E-state index in [9.17, 15) is 0 Å². The lowest BCUT2D eigenvalue weighted by atomic mass is 9.96. The fourth-order valence-electron chi connectivity index (χ4n) is 3.77. The number of piperidine rings is 1. The molecular weight excluding hydrogens is 308 g/mol. The summed E-state index contributed by atoms with van der Waals surface area (Å²) >= 11 is 0. The largest absolute Gasteiger partial charge is 0.358 e. The maximum absolute atomic E-state index is 4.62. The summed E-state index contributed by atoms with van der Waals surface area (Å²) < 4.78 is 0. The molecule has 4 heteroatoms. The Morgan fingerprint density at radius 3 is 2.52 bits per heavy atom. The van der Waals surface area contributed by atoms with E-state index in [4.69, 9.17) is 0 Å². The van der Waals surface area contributed by atoms with Crippen LogP contribution in [0.15, 0.2) is 64.8 Å². The lowest BCUT2D eigenvalue weighted by molar-refractivity contribution is 0.170. The smallest absolute Gasteiger partial charge is 0.153 e. The van der Waals surface area contributed by atoms with Gasteiger partial charge in [0.1, 0.15) is 5.69 Å². The second-order valence-corrected chi connectivity index (χ2v) is 7.16. The molecule has 0 unspecified atom stereocenters. The summed E-state index contributed by atoms with van der Waals surface area (Å²) in [5, 5.41) is 12.7. The second-order valence-electron chi connectivity index (χ2n) is 7.16. The van der Waals surface area contributed by atoms with Crippen molar-refractivity contribution in [3.63, 3.8) is 0 Å². The first-order valence-corrected chi connectivity index (χ1v) is 9.39. The standard InChI is InChI=1S/C21H26N4/c1-2-8-18(9-3-1)10-6-7-15-25-16-13-21(14-17-25)22-19-11-4-5-12-20(19)23-24-21/h1-5,8-9,11-12,22H,6-7,10,13-17H2. The van der Waals surface area contributed by atoms with Crippen molar-refractivity contribution in [3.8, 4) is 0 Å². The summed E-state index contributed by atoms with van der Waals surface area (Å²) in [6, 6.07) is 19.0. The molecule has 2 heterocycles. The number of fused-ring (bicyclic) bond motifs is 1. The molecule has 0 aliphatic carbocycles. The van der Waals surface area contributed by atoms with E-state index >= 15 is 0 Å². The van der Waals surface area contributed by atoms with Crippen LogP contribution in [-0.4, -0.2) is 30.2 Å². The third-order valence-electron chi connectivity index (χ3n) is 5.34. The number of anilines is 1. The van der Waals surface area contributed by atoms with E-state index in [-0.39, 0.29) is 5.66 Å². The van der Waals surface area contributed by atoms with Gasteiger partial charge in [0.15, 0.2) is 5.66 Å². The fourth-order valence-corrected chi connectivity index (χ4v) is 3.77. The molecule has 1 spiro atoms. The Hall–Kier alpha value is -2.20. The van der Waals surface area contributed by atoms with Crippen LogP contribution in [0.25, 0.3) is 0 Å². The highest BCUT2D eigenvalue weighted by Crippen LogP contribution is 2.38. The first kappa shape index (κ1) is 16.3. The van der Waals surface area contributed by atoms with Gasteiger partial charge in [-0.15, -0.1) is 0 Å². The SMILES string of the molecule is c1ccc(CCCCN2CCC3(CC2)N=Nc2ccccc2N3)cc1. The summed E-state index contributed by atoms with van der Waals surface area (Å²) in [5.74, 6) is 0. The second kappa shape index (κ2) is 7.36. The predicted molar refractivity (Wildman–Crippen MR) is 102 cm³/mol.